The Labute approximate surface area is 65.7 Å². The molecule has 1 aliphatic heterocycles. The van der Waals surface area contributed by atoms with Crippen molar-refractivity contribution in [3.05, 3.63) is 0 Å². The van der Waals surface area contributed by atoms with Crippen molar-refractivity contribution < 1.29 is 14.3 Å². The summed E-state index contributed by atoms with van der Waals surface area (Å²) >= 11 is 0. The minimum absolute atomic E-state index is 0.172. The Kier molecular flexibility index (Phi) is 2.84. The van der Waals surface area contributed by atoms with E-state index in [1.807, 2.05) is 0 Å². The molecule has 2 unspecified atom stereocenters. The maximum atomic E-state index is 11.0. The zero-order valence-electron chi connectivity index (χ0n) is 6.58. The van der Waals surface area contributed by atoms with Gasteiger partial charge in [0.05, 0.1) is 19.6 Å². The summed E-state index contributed by atoms with van der Waals surface area (Å²) in [7, 11) is 1.38. The zero-order chi connectivity index (χ0) is 8.27. The summed E-state index contributed by atoms with van der Waals surface area (Å²) in [4.78, 5) is 11.0. The fraction of sp³-hybridized carbons (Fsp3) is 0.857. The standard InChI is InChI=1S/C7H13NO3/c1-10-7(9)5-2-3-11-4-6(5)8/h5-6H,2-4,8H2,1H3. The molecule has 0 amide bonds. The highest BCUT2D eigenvalue weighted by molar-refractivity contribution is 5.73. The Morgan fingerprint density at radius 2 is 2.45 bits per heavy atom. The van der Waals surface area contributed by atoms with Gasteiger partial charge in [-0.1, -0.05) is 0 Å². The highest BCUT2D eigenvalue weighted by Gasteiger charge is 2.29. The van der Waals surface area contributed by atoms with E-state index in [4.69, 9.17) is 10.5 Å². The topological polar surface area (TPSA) is 61.5 Å². The van der Waals surface area contributed by atoms with Gasteiger partial charge in [-0.15, -0.1) is 0 Å². The van der Waals surface area contributed by atoms with E-state index in [9.17, 15) is 4.79 Å². The van der Waals surface area contributed by atoms with Gasteiger partial charge in [0, 0.05) is 12.6 Å². The number of carbonyl (C=O) groups excluding carboxylic acids is 1. The van der Waals surface area contributed by atoms with Gasteiger partial charge in [0.1, 0.15) is 0 Å². The largest absolute Gasteiger partial charge is 0.469 e. The average Bonchev–Trinajstić information content (AvgIpc) is 2.04. The van der Waals surface area contributed by atoms with Crippen molar-refractivity contribution in [1.82, 2.24) is 0 Å². The fourth-order valence-corrected chi connectivity index (χ4v) is 1.20. The summed E-state index contributed by atoms with van der Waals surface area (Å²) in [5.41, 5.74) is 5.63. The summed E-state index contributed by atoms with van der Waals surface area (Å²) in [6, 6.07) is -0.198. The number of carbonyl (C=O) groups is 1. The van der Waals surface area contributed by atoms with Crippen LogP contribution in [0.4, 0.5) is 0 Å². The molecule has 64 valence electrons. The number of rotatable bonds is 1. The first-order valence-electron chi connectivity index (χ1n) is 3.67. The third-order valence-electron chi connectivity index (χ3n) is 1.90. The van der Waals surface area contributed by atoms with E-state index >= 15 is 0 Å². The van der Waals surface area contributed by atoms with Gasteiger partial charge in [-0.3, -0.25) is 4.79 Å². The van der Waals surface area contributed by atoms with Crippen LogP contribution in [0.3, 0.4) is 0 Å². The third-order valence-corrected chi connectivity index (χ3v) is 1.90. The highest BCUT2D eigenvalue weighted by Crippen LogP contribution is 2.14. The molecule has 0 spiro atoms. The molecule has 2 N–H and O–H groups in total. The second-order valence-electron chi connectivity index (χ2n) is 2.66. The predicted octanol–water partition coefficient (Wildman–Crippen LogP) is -0.477. The highest BCUT2D eigenvalue weighted by atomic mass is 16.5. The monoisotopic (exact) mass is 159 g/mol. The van der Waals surface area contributed by atoms with Crippen LogP contribution in [-0.4, -0.2) is 32.3 Å². The minimum Gasteiger partial charge on any atom is -0.469 e. The minimum atomic E-state index is -0.221. The number of nitrogens with two attached hydrogens (primary N) is 1. The summed E-state index contributed by atoms with van der Waals surface area (Å²) in [5.74, 6) is -0.394. The maximum absolute atomic E-state index is 11.0. The molecule has 0 aliphatic carbocycles. The first kappa shape index (κ1) is 8.49. The first-order chi connectivity index (χ1) is 5.25. The van der Waals surface area contributed by atoms with Crippen molar-refractivity contribution in [3.63, 3.8) is 0 Å². The number of hydrogen-bond acceptors (Lipinski definition) is 4. The van der Waals surface area contributed by atoms with Crippen molar-refractivity contribution in [3.8, 4) is 0 Å². The number of esters is 1. The summed E-state index contributed by atoms with van der Waals surface area (Å²) in [6.07, 6.45) is 0.674. The molecule has 4 heteroatoms. The van der Waals surface area contributed by atoms with E-state index in [-0.39, 0.29) is 17.9 Å². The van der Waals surface area contributed by atoms with E-state index < -0.39 is 0 Å². The van der Waals surface area contributed by atoms with E-state index in [2.05, 4.69) is 4.74 Å². The third kappa shape index (κ3) is 1.91. The summed E-state index contributed by atoms with van der Waals surface area (Å²) < 4.78 is 9.66. The normalized spacial score (nSPS) is 31.5. The molecular weight excluding hydrogens is 146 g/mol. The molecule has 0 radical (unpaired) electrons. The van der Waals surface area contributed by atoms with Crippen LogP contribution in [0, 0.1) is 5.92 Å². The Morgan fingerprint density at radius 3 is 3.00 bits per heavy atom. The molecule has 0 aromatic rings. The second kappa shape index (κ2) is 3.69. The number of ether oxygens (including phenoxy) is 2. The van der Waals surface area contributed by atoms with Gasteiger partial charge >= 0.3 is 5.97 Å². The van der Waals surface area contributed by atoms with Gasteiger partial charge in [-0.2, -0.15) is 0 Å². The van der Waals surface area contributed by atoms with Crippen molar-refractivity contribution in [2.24, 2.45) is 11.7 Å². The lowest BCUT2D eigenvalue weighted by Crippen LogP contribution is -2.43. The number of hydrogen-bond donors (Lipinski definition) is 1. The van der Waals surface area contributed by atoms with Crippen molar-refractivity contribution >= 4 is 5.97 Å². The van der Waals surface area contributed by atoms with E-state index in [1.54, 1.807) is 0 Å². The Bertz CT molecular complexity index is 149. The molecular formula is C7H13NO3. The lowest BCUT2D eigenvalue weighted by atomic mass is 9.96. The molecule has 0 aromatic carbocycles. The zero-order valence-corrected chi connectivity index (χ0v) is 6.58. The molecule has 0 bridgehead atoms. The molecule has 1 fully saturated rings. The molecule has 0 aromatic heterocycles. The SMILES string of the molecule is COC(=O)C1CCOCC1N. The van der Waals surface area contributed by atoms with Crippen molar-refractivity contribution in [2.75, 3.05) is 20.3 Å². The Balaban J connectivity index is 2.47. The molecule has 4 nitrogen and oxygen atoms in total. The molecule has 2 atom stereocenters. The lowest BCUT2D eigenvalue weighted by molar-refractivity contribution is -0.149. The van der Waals surface area contributed by atoms with E-state index in [0.29, 0.717) is 19.6 Å². The smallest absolute Gasteiger partial charge is 0.310 e. The van der Waals surface area contributed by atoms with Gasteiger partial charge in [0.25, 0.3) is 0 Å². The van der Waals surface area contributed by atoms with Gasteiger partial charge < -0.3 is 15.2 Å². The lowest BCUT2D eigenvalue weighted by Gasteiger charge is -2.26. The van der Waals surface area contributed by atoms with Crippen LogP contribution in [0.5, 0.6) is 0 Å². The molecule has 1 saturated heterocycles. The fourth-order valence-electron chi connectivity index (χ4n) is 1.20. The van der Waals surface area contributed by atoms with E-state index in [1.165, 1.54) is 7.11 Å². The van der Waals surface area contributed by atoms with Crippen LogP contribution in [-0.2, 0) is 14.3 Å². The van der Waals surface area contributed by atoms with Gasteiger partial charge in [-0.25, -0.2) is 0 Å². The van der Waals surface area contributed by atoms with Crippen LogP contribution in [0.15, 0.2) is 0 Å². The molecule has 1 heterocycles. The second-order valence-corrected chi connectivity index (χ2v) is 2.66. The summed E-state index contributed by atoms with van der Waals surface area (Å²) in [5, 5.41) is 0. The van der Waals surface area contributed by atoms with Crippen molar-refractivity contribution in [2.45, 2.75) is 12.5 Å². The summed E-state index contributed by atoms with van der Waals surface area (Å²) in [6.45, 7) is 1.06. The quantitative estimate of drug-likeness (QED) is 0.525. The van der Waals surface area contributed by atoms with Crippen molar-refractivity contribution in [1.29, 1.82) is 0 Å². The van der Waals surface area contributed by atoms with Crippen LogP contribution in [0.2, 0.25) is 0 Å². The van der Waals surface area contributed by atoms with E-state index in [0.717, 1.165) is 0 Å². The van der Waals surface area contributed by atoms with Crippen LogP contribution < -0.4 is 5.73 Å². The Morgan fingerprint density at radius 1 is 1.73 bits per heavy atom. The Hall–Kier alpha value is -0.610. The predicted molar refractivity (Wildman–Crippen MR) is 38.9 cm³/mol. The van der Waals surface area contributed by atoms with Gasteiger partial charge in [-0.05, 0) is 6.42 Å². The van der Waals surface area contributed by atoms with Crippen LogP contribution in [0.25, 0.3) is 0 Å². The number of methoxy groups -OCH3 is 1. The molecule has 1 rings (SSSR count). The van der Waals surface area contributed by atoms with Gasteiger partial charge in [0.2, 0.25) is 0 Å². The molecule has 1 aliphatic rings. The first-order valence-corrected chi connectivity index (χ1v) is 3.67. The average molecular weight is 159 g/mol. The van der Waals surface area contributed by atoms with Gasteiger partial charge in [0.15, 0.2) is 0 Å². The maximum Gasteiger partial charge on any atom is 0.310 e. The molecule has 0 saturated carbocycles. The van der Waals surface area contributed by atoms with Crippen LogP contribution in [0.1, 0.15) is 6.42 Å². The molecule has 11 heavy (non-hydrogen) atoms. The van der Waals surface area contributed by atoms with Crippen LogP contribution >= 0.6 is 0 Å².